The summed E-state index contributed by atoms with van der Waals surface area (Å²) in [6, 6.07) is 5.78. The van der Waals surface area contributed by atoms with Gasteiger partial charge in [-0.2, -0.15) is 0 Å². The van der Waals surface area contributed by atoms with Gasteiger partial charge in [-0.3, -0.25) is 9.78 Å². The van der Waals surface area contributed by atoms with Gasteiger partial charge < -0.3 is 5.32 Å². The van der Waals surface area contributed by atoms with Crippen molar-refractivity contribution in [2.45, 2.75) is 17.9 Å². The third kappa shape index (κ3) is 5.07. The van der Waals surface area contributed by atoms with E-state index in [9.17, 15) is 22.0 Å². The van der Waals surface area contributed by atoms with Crippen molar-refractivity contribution in [1.82, 2.24) is 15.0 Å². The van der Waals surface area contributed by atoms with Gasteiger partial charge in [0.2, 0.25) is 15.9 Å². The second-order valence-corrected chi connectivity index (χ2v) is 6.63. The van der Waals surface area contributed by atoms with Crippen molar-refractivity contribution in [3.63, 3.8) is 0 Å². The van der Waals surface area contributed by atoms with Gasteiger partial charge in [0.15, 0.2) is 11.6 Å². The highest BCUT2D eigenvalue weighted by Crippen LogP contribution is 2.13. The van der Waals surface area contributed by atoms with Crippen molar-refractivity contribution in [1.29, 1.82) is 0 Å². The first-order valence-electron chi connectivity index (χ1n) is 6.99. The van der Waals surface area contributed by atoms with Crippen molar-refractivity contribution in [2.24, 2.45) is 0 Å². The molecule has 6 nitrogen and oxygen atoms in total. The summed E-state index contributed by atoms with van der Waals surface area (Å²) in [6.45, 7) is 0.114. The molecule has 2 aromatic rings. The third-order valence-electron chi connectivity index (χ3n) is 3.06. The normalized spacial score (nSPS) is 11.2. The molecule has 0 aliphatic carbocycles. The lowest BCUT2D eigenvalue weighted by Crippen LogP contribution is -2.30. The van der Waals surface area contributed by atoms with Crippen LogP contribution in [0.1, 0.15) is 12.0 Å². The predicted octanol–water partition coefficient (Wildman–Crippen LogP) is 1.34. The van der Waals surface area contributed by atoms with Crippen molar-refractivity contribution >= 4 is 15.9 Å². The van der Waals surface area contributed by atoms with Gasteiger partial charge in [-0.15, -0.1) is 0 Å². The molecule has 1 aromatic heterocycles. The Hall–Kier alpha value is -2.39. The molecule has 128 valence electrons. The van der Waals surface area contributed by atoms with E-state index >= 15 is 0 Å². The quantitative estimate of drug-likeness (QED) is 0.785. The molecule has 0 radical (unpaired) electrons. The van der Waals surface area contributed by atoms with Gasteiger partial charge in [0.25, 0.3) is 0 Å². The third-order valence-corrected chi connectivity index (χ3v) is 4.52. The van der Waals surface area contributed by atoms with E-state index in [1.165, 1.54) is 0 Å². The number of sulfonamides is 1. The Kier molecular flexibility index (Phi) is 5.93. The zero-order chi connectivity index (χ0) is 17.6. The van der Waals surface area contributed by atoms with Gasteiger partial charge in [-0.05, 0) is 29.8 Å². The molecule has 9 heteroatoms. The standard InChI is InChI=1S/C15H15F2N3O3S/c16-13-4-3-12(8-14(13)17)24(22,23)20-7-5-15(21)19-10-11-2-1-6-18-9-11/h1-4,6,8-9,20H,5,7,10H2,(H,19,21). The Bertz CT molecular complexity index is 814. The summed E-state index contributed by atoms with van der Waals surface area (Å²) in [4.78, 5) is 15.2. The first-order chi connectivity index (χ1) is 11.4. The Morgan fingerprint density at radius 3 is 2.62 bits per heavy atom. The molecule has 0 atom stereocenters. The van der Waals surface area contributed by atoms with Crippen LogP contribution >= 0.6 is 0 Å². The summed E-state index contributed by atoms with van der Waals surface area (Å²) in [5.41, 5.74) is 0.813. The van der Waals surface area contributed by atoms with Gasteiger partial charge in [0.1, 0.15) is 0 Å². The van der Waals surface area contributed by atoms with Crippen LogP contribution in [0, 0.1) is 11.6 Å². The summed E-state index contributed by atoms with van der Waals surface area (Å²) in [5.74, 6) is -2.75. The largest absolute Gasteiger partial charge is 0.352 e. The van der Waals surface area contributed by atoms with Gasteiger partial charge in [0.05, 0.1) is 4.90 Å². The number of nitrogens with one attached hydrogen (secondary N) is 2. The lowest BCUT2D eigenvalue weighted by atomic mass is 10.3. The van der Waals surface area contributed by atoms with Crippen molar-refractivity contribution in [2.75, 3.05) is 6.54 Å². The predicted molar refractivity (Wildman–Crippen MR) is 82.2 cm³/mol. The fraction of sp³-hybridized carbons (Fsp3) is 0.200. The fourth-order valence-electron chi connectivity index (χ4n) is 1.82. The van der Waals surface area contributed by atoms with E-state index in [0.29, 0.717) is 6.07 Å². The highest BCUT2D eigenvalue weighted by Gasteiger charge is 2.16. The molecule has 0 saturated heterocycles. The van der Waals surface area contributed by atoms with Crippen LogP contribution in [0.25, 0.3) is 0 Å². The van der Waals surface area contributed by atoms with E-state index in [-0.39, 0.29) is 25.4 Å². The average Bonchev–Trinajstić information content (AvgIpc) is 2.56. The molecular formula is C15H15F2N3O3S. The Labute approximate surface area is 138 Å². The fourth-order valence-corrected chi connectivity index (χ4v) is 2.86. The minimum absolute atomic E-state index is 0.0941. The number of rotatable bonds is 7. The zero-order valence-electron chi connectivity index (χ0n) is 12.5. The lowest BCUT2D eigenvalue weighted by Gasteiger charge is -2.08. The lowest BCUT2D eigenvalue weighted by molar-refractivity contribution is -0.121. The average molecular weight is 355 g/mol. The van der Waals surface area contributed by atoms with E-state index in [2.05, 4.69) is 15.0 Å². The van der Waals surface area contributed by atoms with E-state index in [1.54, 1.807) is 24.5 Å². The number of carbonyl (C=O) groups excluding carboxylic acids is 1. The number of aromatic nitrogens is 1. The maximum Gasteiger partial charge on any atom is 0.240 e. The van der Waals surface area contributed by atoms with Crippen molar-refractivity contribution in [3.05, 3.63) is 59.9 Å². The first-order valence-corrected chi connectivity index (χ1v) is 8.47. The van der Waals surface area contributed by atoms with E-state index in [0.717, 1.165) is 17.7 Å². The molecule has 1 aromatic carbocycles. The molecule has 1 heterocycles. The van der Waals surface area contributed by atoms with Crippen LogP contribution in [0.2, 0.25) is 0 Å². The number of hydrogen-bond donors (Lipinski definition) is 2. The molecule has 0 spiro atoms. The zero-order valence-corrected chi connectivity index (χ0v) is 13.3. The Balaban J connectivity index is 1.82. The summed E-state index contributed by atoms with van der Waals surface area (Å²) < 4.78 is 51.9. The van der Waals surface area contributed by atoms with Crippen LogP contribution in [-0.4, -0.2) is 25.9 Å². The molecule has 1 amide bonds. The second kappa shape index (κ2) is 7.93. The van der Waals surface area contributed by atoms with E-state index in [4.69, 9.17) is 0 Å². The molecule has 0 saturated carbocycles. The number of amides is 1. The van der Waals surface area contributed by atoms with Crippen molar-refractivity contribution in [3.8, 4) is 0 Å². The van der Waals surface area contributed by atoms with Crippen LogP contribution in [0.3, 0.4) is 0 Å². The monoisotopic (exact) mass is 355 g/mol. The molecule has 0 aliphatic heterocycles. The molecule has 0 bridgehead atoms. The molecule has 2 rings (SSSR count). The Morgan fingerprint density at radius 1 is 1.17 bits per heavy atom. The Morgan fingerprint density at radius 2 is 1.96 bits per heavy atom. The number of pyridine rings is 1. The second-order valence-electron chi connectivity index (χ2n) is 4.86. The number of hydrogen-bond acceptors (Lipinski definition) is 4. The molecule has 24 heavy (non-hydrogen) atoms. The molecule has 0 fully saturated rings. The topological polar surface area (TPSA) is 88.2 Å². The minimum atomic E-state index is -4.01. The summed E-state index contributed by atoms with van der Waals surface area (Å²) in [6.07, 6.45) is 3.12. The van der Waals surface area contributed by atoms with Crippen LogP contribution in [0.4, 0.5) is 8.78 Å². The maximum atomic E-state index is 13.1. The number of carbonyl (C=O) groups is 1. The molecule has 0 unspecified atom stereocenters. The first kappa shape index (κ1) is 18.0. The van der Waals surface area contributed by atoms with Gasteiger partial charge >= 0.3 is 0 Å². The van der Waals surface area contributed by atoms with Crippen LogP contribution < -0.4 is 10.0 Å². The maximum absolute atomic E-state index is 13.1. The van der Waals surface area contributed by atoms with E-state index < -0.39 is 26.6 Å². The smallest absolute Gasteiger partial charge is 0.240 e. The molecular weight excluding hydrogens is 340 g/mol. The highest BCUT2D eigenvalue weighted by molar-refractivity contribution is 7.89. The van der Waals surface area contributed by atoms with Gasteiger partial charge in [0, 0.05) is 31.9 Å². The van der Waals surface area contributed by atoms with Crippen LogP contribution in [0.15, 0.2) is 47.6 Å². The summed E-state index contributed by atoms with van der Waals surface area (Å²) >= 11 is 0. The van der Waals surface area contributed by atoms with E-state index in [1.807, 2.05) is 0 Å². The van der Waals surface area contributed by atoms with Gasteiger partial charge in [-0.1, -0.05) is 6.07 Å². The summed E-state index contributed by atoms with van der Waals surface area (Å²) in [7, 11) is -4.01. The minimum Gasteiger partial charge on any atom is -0.352 e. The van der Waals surface area contributed by atoms with Crippen LogP contribution in [0.5, 0.6) is 0 Å². The number of halogens is 2. The highest BCUT2D eigenvalue weighted by atomic mass is 32.2. The van der Waals surface area contributed by atoms with Crippen molar-refractivity contribution < 1.29 is 22.0 Å². The molecule has 2 N–H and O–H groups in total. The van der Waals surface area contributed by atoms with Crippen LogP contribution in [-0.2, 0) is 21.4 Å². The SMILES string of the molecule is O=C(CCNS(=O)(=O)c1ccc(F)c(F)c1)NCc1cccnc1. The molecule has 0 aliphatic rings. The van der Waals surface area contributed by atoms with Gasteiger partial charge in [-0.25, -0.2) is 21.9 Å². The number of nitrogens with zero attached hydrogens (tertiary/aromatic N) is 1. The number of benzene rings is 1. The summed E-state index contributed by atoms with van der Waals surface area (Å²) in [5, 5.41) is 2.62.